The van der Waals surface area contributed by atoms with Crippen molar-refractivity contribution < 1.29 is 20.1 Å². The first kappa shape index (κ1) is 18.7. The third-order valence-electron chi connectivity index (χ3n) is 4.83. The molecule has 3 atom stereocenters. The number of rotatable bonds is 8. The van der Waals surface area contributed by atoms with Gasteiger partial charge in [-0.2, -0.15) is 0 Å². The number of unbranched alkanes of at least 4 members (excludes halogenated alkanes) is 1. The Morgan fingerprint density at radius 2 is 2.04 bits per heavy atom. The number of aliphatic hydroxyl groups excluding tert-OH is 1. The molecule has 1 aromatic carbocycles. The quantitative estimate of drug-likeness (QED) is 0.504. The van der Waals surface area contributed by atoms with Gasteiger partial charge in [-0.25, -0.2) is 4.79 Å². The zero-order valence-electron chi connectivity index (χ0n) is 14.1. The molecule has 0 aliphatic heterocycles. The van der Waals surface area contributed by atoms with Gasteiger partial charge in [0.15, 0.2) is 5.60 Å². The molecule has 3 N–H and O–H groups in total. The Balaban J connectivity index is 1.69. The molecule has 0 spiro atoms. The zero-order valence-corrected chi connectivity index (χ0v) is 14.1. The zero-order chi connectivity index (χ0) is 17.4. The Kier molecular flexibility index (Phi) is 7.00. The van der Waals surface area contributed by atoms with Crippen molar-refractivity contribution >= 4 is 5.97 Å². The van der Waals surface area contributed by atoms with E-state index in [0.717, 1.165) is 25.7 Å². The summed E-state index contributed by atoms with van der Waals surface area (Å²) < 4.78 is 0. The number of aryl methyl sites for hydroxylation is 1. The van der Waals surface area contributed by atoms with Gasteiger partial charge in [-0.1, -0.05) is 48.9 Å². The molecule has 4 heteroatoms. The van der Waals surface area contributed by atoms with Crippen LogP contribution in [0.15, 0.2) is 42.5 Å². The SMILES string of the molecule is O=C(O)[C@]1(O)CCC[C@H](/C=C/C(O)CCCCc2ccccc2)C1. The highest BCUT2D eigenvalue weighted by atomic mass is 16.4. The Morgan fingerprint density at radius 3 is 2.75 bits per heavy atom. The number of hydrogen-bond acceptors (Lipinski definition) is 3. The van der Waals surface area contributed by atoms with E-state index in [1.54, 1.807) is 6.08 Å². The van der Waals surface area contributed by atoms with Crippen LogP contribution in [0.4, 0.5) is 0 Å². The van der Waals surface area contributed by atoms with Crippen molar-refractivity contribution in [1.82, 2.24) is 0 Å². The van der Waals surface area contributed by atoms with Gasteiger partial charge < -0.3 is 15.3 Å². The van der Waals surface area contributed by atoms with Crippen molar-refractivity contribution in [3.05, 3.63) is 48.0 Å². The van der Waals surface area contributed by atoms with Crippen molar-refractivity contribution in [2.45, 2.75) is 63.1 Å². The molecule has 0 amide bonds. The minimum Gasteiger partial charge on any atom is -0.479 e. The van der Waals surface area contributed by atoms with E-state index in [1.165, 1.54) is 5.56 Å². The second-order valence-electron chi connectivity index (χ2n) is 6.88. The molecule has 0 aromatic heterocycles. The van der Waals surface area contributed by atoms with Crippen molar-refractivity contribution in [2.24, 2.45) is 5.92 Å². The minimum absolute atomic E-state index is 0.0267. The van der Waals surface area contributed by atoms with Crippen LogP contribution in [-0.4, -0.2) is 33.0 Å². The molecule has 0 radical (unpaired) electrons. The van der Waals surface area contributed by atoms with Gasteiger partial charge in [-0.15, -0.1) is 0 Å². The number of carbonyl (C=O) groups is 1. The van der Waals surface area contributed by atoms with Gasteiger partial charge in [-0.05, 0) is 56.4 Å². The smallest absolute Gasteiger partial charge is 0.335 e. The Morgan fingerprint density at radius 1 is 1.29 bits per heavy atom. The minimum atomic E-state index is -1.60. The fourth-order valence-corrected chi connectivity index (χ4v) is 3.36. The maximum absolute atomic E-state index is 11.1. The van der Waals surface area contributed by atoms with Gasteiger partial charge in [0.25, 0.3) is 0 Å². The van der Waals surface area contributed by atoms with Crippen molar-refractivity contribution in [2.75, 3.05) is 0 Å². The number of hydrogen-bond donors (Lipinski definition) is 3. The molecule has 0 saturated heterocycles. The first-order valence-electron chi connectivity index (χ1n) is 8.86. The van der Waals surface area contributed by atoms with Crippen LogP contribution in [0.2, 0.25) is 0 Å². The summed E-state index contributed by atoms with van der Waals surface area (Å²) in [6, 6.07) is 10.3. The lowest BCUT2D eigenvalue weighted by Crippen LogP contribution is -2.42. The predicted molar refractivity (Wildman–Crippen MR) is 93.7 cm³/mol. The van der Waals surface area contributed by atoms with E-state index in [1.807, 2.05) is 24.3 Å². The van der Waals surface area contributed by atoms with Crippen molar-refractivity contribution in [3.63, 3.8) is 0 Å². The van der Waals surface area contributed by atoms with Crippen molar-refractivity contribution in [3.8, 4) is 0 Å². The fourth-order valence-electron chi connectivity index (χ4n) is 3.36. The van der Waals surface area contributed by atoms with E-state index in [9.17, 15) is 15.0 Å². The summed E-state index contributed by atoms with van der Waals surface area (Å²) in [6.45, 7) is 0. The van der Waals surface area contributed by atoms with E-state index in [0.29, 0.717) is 19.3 Å². The molecular weight excluding hydrogens is 304 g/mol. The Labute approximate surface area is 143 Å². The summed E-state index contributed by atoms with van der Waals surface area (Å²) in [5, 5.41) is 29.2. The predicted octanol–water partition coefficient (Wildman–Crippen LogP) is 3.32. The van der Waals surface area contributed by atoms with Gasteiger partial charge in [-0.3, -0.25) is 0 Å². The van der Waals surface area contributed by atoms with E-state index >= 15 is 0 Å². The fraction of sp³-hybridized carbons (Fsp3) is 0.550. The normalized spacial score (nSPS) is 25.7. The number of allylic oxidation sites excluding steroid dienone is 1. The molecule has 0 heterocycles. The molecule has 1 saturated carbocycles. The molecule has 1 aromatic rings. The van der Waals surface area contributed by atoms with Crippen LogP contribution < -0.4 is 0 Å². The highest BCUT2D eigenvalue weighted by Crippen LogP contribution is 2.33. The van der Waals surface area contributed by atoms with Gasteiger partial charge >= 0.3 is 5.97 Å². The van der Waals surface area contributed by atoms with E-state index in [-0.39, 0.29) is 12.3 Å². The van der Waals surface area contributed by atoms with Crippen LogP contribution in [0.1, 0.15) is 50.5 Å². The molecule has 24 heavy (non-hydrogen) atoms. The van der Waals surface area contributed by atoms with Crippen LogP contribution in [0.5, 0.6) is 0 Å². The molecular formula is C20H28O4. The molecule has 1 unspecified atom stereocenters. The average Bonchev–Trinajstić information content (AvgIpc) is 2.58. The van der Waals surface area contributed by atoms with Crippen LogP contribution in [0.3, 0.4) is 0 Å². The summed E-state index contributed by atoms with van der Waals surface area (Å²) in [7, 11) is 0. The van der Waals surface area contributed by atoms with E-state index in [2.05, 4.69) is 12.1 Å². The average molecular weight is 332 g/mol. The summed E-state index contributed by atoms with van der Waals surface area (Å²) in [4.78, 5) is 11.1. The molecule has 0 bridgehead atoms. The van der Waals surface area contributed by atoms with Crippen LogP contribution in [0.25, 0.3) is 0 Å². The number of carboxylic acids is 1. The topological polar surface area (TPSA) is 77.8 Å². The lowest BCUT2D eigenvalue weighted by Gasteiger charge is -2.32. The molecule has 1 aliphatic carbocycles. The number of carboxylic acid groups (broad SMARTS) is 1. The summed E-state index contributed by atoms with van der Waals surface area (Å²) in [5.74, 6) is -1.11. The van der Waals surface area contributed by atoms with Gasteiger partial charge in [0.2, 0.25) is 0 Å². The second-order valence-corrected chi connectivity index (χ2v) is 6.88. The number of aliphatic hydroxyl groups is 2. The lowest BCUT2D eigenvalue weighted by molar-refractivity contribution is -0.163. The molecule has 4 nitrogen and oxygen atoms in total. The van der Waals surface area contributed by atoms with Crippen molar-refractivity contribution in [1.29, 1.82) is 0 Å². The monoisotopic (exact) mass is 332 g/mol. The Hall–Kier alpha value is -1.65. The molecule has 1 fully saturated rings. The van der Waals surface area contributed by atoms with Crippen LogP contribution in [0, 0.1) is 5.92 Å². The maximum atomic E-state index is 11.1. The first-order valence-corrected chi connectivity index (χ1v) is 8.86. The number of benzene rings is 1. The molecule has 2 rings (SSSR count). The first-order chi connectivity index (χ1) is 11.5. The van der Waals surface area contributed by atoms with Crippen LogP contribution in [-0.2, 0) is 11.2 Å². The van der Waals surface area contributed by atoms with Gasteiger partial charge in [0.1, 0.15) is 0 Å². The van der Waals surface area contributed by atoms with Gasteiger partial charge in [0.05, 0.1) is 6.10 Å². The lowest BCUT2D eigenvalue weighted by atomic mass is 9.78. The highest BCUT2D eigenvalue weighted by molar-refractivity contribution is 5.77. The molecule has 132 valence electrons. The largest absolute Gasteiger partial charge is 0.479 e. The standard InChI is InChI=1S/C20H28O4/c21-18(11-5-4-9-16-7-2-1-3-8-16)13-12-17-10-6-14-20(24,15-17)19(22)23/h1-3,7-8,12-13,17-18,21,24H,4-6,9-11,14-15H2,(H,22,23)/b13-12+/t17-,18?,20+/m1/s1. The maximum Gasteiger partial charge on any atom is 0.335 e. The summed E-state index contributed by atoms with van der Waals surface area (Å²) >= 11 is 0. The van der Waals surface area contributed by atoms with Crippen LogP contribution >= 0.6 is 0 Å². The third-order valence-corrected chi connectivity index (χ3v) is 4.83. The summed E-state index contributed by atoms with van der Waals surface area (Å²) in [6.07, 6.45) is 8.98. The Bertz CT molecular complexity index is 540. The second kappa shape index (κ2) is 9.00. The van der Waals surface area contributed by atoms with E-state index < -0.39 is 17.7 Å². The number of aliphatic carboxylic acids is 1. The molecule has 1 aliphatic rings. The third kappa shape index (κ3) is 5.77. The van der Waals surface area contributed by atoms with E-state index in [4.69, 9.17) is 5.11 Å². The summed E-state index contributed by atoms with van der Waals surface area (Å²) in [5.41, 5.74) is -0.286. The van der Waals surface area contributed by atoms with Gasteiger partial charge in [0, 0.05) is 0 Å². The highest BCUT2D eigenvalue weighted by Gasteiger charge is 2.40.